The number of hydrogen-bond acceptors (Lipinski definition) is 2. The number of carbonyl (C=O) groups is 1. The zero-order valence-electron chi connectivity index (χ0n) is 14.1. The van der Waals surface area contributed by atoms with E-state index in [0.29, 0.717) is 6.04 Å². The summed E-state index contributed by atoms with van der Waals surface area (Å²) in [6.07, 6.45) is 5.89. The molecule has 22 heavy (non-hydrogen) atoms. The standard InChI is InChI=1S/C19H30N2O/c1-3-18(17-11-5-4-6-12-17)19(22)20-13-9-15-21-14-8-7-10-16(21)2/h4-6,11-12,16,18H,3,7-10,13-15H2,1-2H3,(H,20,22). The van der Waals surface area contributed by atoms with Gasteiger partial charge in [0.1, 0.15) is 0 Å². The summed E-state index contributed by atoms with van der Waals surface area (Å²) >= 11 is 0. The third kappa shape index (κ3) is 4.84. The van der Waals surface area contributed by atoms with Crippen molar-refractivity contribution in [2.45, 2.75) is 57.9 Å². The minimum absolute atomic E-state index is 0.0184. The highest BCUT2D eigenvalue weighted by Gasteiger charge is 2.19. The highest BCUT2D eigenvalue weighted by atomic mass is 16.1. The number of piperidine rings is 1. The highest BCUT2D eigenvalue weighted by molar-refractivity contribution is 5.83. The number of amides is 1. The number of benzene rings is 1. The molecule has 0 radical (unpaired) electrons. The fourth-order valence-electron chi connectivity index (χ4n) is 3.36. The summed E-state index contributed by atoms with van der Waals surface area (Å²) in [5.41, 5.74) is 1.12. The van der Waals surface area contributed by atoms with Gasteiger partial charge in [-0.1, -0.05) is 43.7 Å². The summed E-state index contributed by atoms with van der Waals surface area (Å²) < 4.78 is 0. The van der Waals surface area contributed by atoms with Crippen LogP contribution < -0.4 is 5.32 Å². The lowest BCUT2D eigenvalue weighted by atomic mass is 9.95. The van der Waals surface area contributed by atoms with Crippen LogP contribution in [0.15, 0.2) is 30.3 Å². The van der Waals surface area contributed by atoms with Crippen LogP contribution in [0, 0.1) is 0 Å². The summed E-state index contributed by atoms with van der Waals surface area (Å²) in [5.74, 6) is 0.149. The fourth-order valence-corrected chi connectivity index (χ4v) is 3.36. The second-order valence-corrected chi connectivity index (χ2v) is 6.40. The molecule has 1 aromatic carbocycles. The van der Waals surface area contributed by atoms with E-state index < -0.39 is 0 Å². The van der Waals surface area contributed by atoms with E-state index in [4.69, 9.17) is 0 Å². The van der Waals surface area contributed by atoms with Crippen molar-refractivity contribution in [1.82, 2.24) is 10.2 Å². The first kappa shape index (κ1) is 17.0. The van der Waals surface area contributed by atoms with Gasteiger partial charge in [0, 0.05) is 19.1 Å². The molecule has 1 aliphatic rings. The van der Waals surface area contributed by atoms with Gasteiger partial charge in [0.25, 0.3) is 0 Å². The van der Waals surface area contributed by atoms with Crippen molar-refractivity contribution in [3.63, 3.8) is 0 Å². The number of likely N-dealkylation sites (tertiary alicyclic amines) is 1. The Morgan fingerprint density at radius 3 is 2.77 bits per heavy atom. The molecule has 1 fully saturated rings. The lowest BCUT2D eigenvalue weighted by Gasteiger charge is -2.33. The average molecular weight is 302 g/mol. The molecule has 1 aliphatic heterocycles. The monoisotopic (exact) mass is 302 g/mol. The zero-order valence-corrected chi connectivity index (χ0v) is 14.1. The highest BCUT2D eigenvalue weighted by Crippen LogP contribution is 2.19. The quantitative estimate of drug-likeness (QED) is 0.781. The van der Waals surface area contributed by atoms with Crippen molar-refractivity contribution in [2.24, 2.45) is 0 Å². The van der Waals surface area contributed by atoms with Gasteiger partial charge >= 0.3 is 0 Å². The molecule has 1 heterocycles. The van der Waals surface area contributed by atoms with Gasteiger partial charge in [-0.05, 0) is 44.7 Å². The van der Waals surface area contributed by atoms with E-state index in [0.717, 1.165) is 31.5 Å². The molecule has 1 amide bonds. The van der Waals surface area contributed by atoms with Crippen LogP contribution >= 0.6 is 0 Å². The van der Waals surface area contributed by atoms with Gasteiger partial charge in [-0.15, -0.1) is 0 Å². The Balaban J connectivity index is 1.72. The lowest BCUT2D eigenvalue weighted by molar-refractivity contribution is -0.122. The van der Waals surface area contributed by atoms with E-state index in [1.807, 2.05) is 30.3 Å². The summed E-state index contributed by atoms with van der Waals surface area (Å²) in [7, 11) is 0. The molecule has 2 atom stereocenters. The predicted octanol–water partition coefficient (Wildman–Crippen LogP) is 3.56. The summed E-state index contributed by atoms with van der Waals surface area (Å²) in [6.45, 7) is 7.50. The van der Waals surface area contributed by atoms with E-state index in [1.54, 1.807) is 0 Å². The number of hydrogen-bond donors (Lipinski definition) is 1. The van der Waals surface area contributed by atoms with Gasteiger partial charge in [-0.3, -0.25) is 4.79 Å². The summed E-state index contributed by atoms with van der Waals surface area (Å²) in [4.78, 5) is 14.9. The van der Waals surface area contributed by atoms with E-state index in [-0.39, 0.29) is 11.8 Å². The molecule has 1 aromatic rings. The number of nitrogens with one attached hydrogen (secondary N) is 1. The van der Waals surface area contributed by atoms with Crippen LogP contribution in [-0.4, -0.2) is 36.5 Å². The second kappa shape index (κ2) is 8.94. The van der Waals surface area contributed by atoms with E-state index in [1.165, 1.54) is 25.8 Å². The van der Waals surface area contributed by atoms with Crippen molar-refractivity contribution in [1.29, 1.82) is 0 Å². The Kier molecular flexibility index (Phi) is 6.91. The molecule has 2 rings (SSSR count). The Hall–Kier alpha value is -1.35. The molecule has 3 nitrogen and oxygen atoms in total. The molecule has 0 saturated carbocycles. The third-order valence-electron chi connectivity index (χ3n) is 4.79. The van der Waals surface area contributed by atoms with Crippen LogP contribution in [0.5, 0.6) is 0 Å². The maximum atomic E-state index is 12.4. The molecule has 0 aromatic heterocycles. The number of nitrogens with zero attached hydrogens (tertiary/aromatic N) is 1. The molecule has 0 bridgehead atoms. The second-order valence-electron chi connectivity index (χ2n) is 6.40. The maximum Gasteiger partial charge on any atom is 0.227 e. The maximum absolute atomic E-state index is 12.4. The smallest absolute Gasteiger partial charge is 0.227 e. The van der Waals surface area contributed by atoms with Crippen LogP contribution in [0.1, 0.15) is 57.4 Å². The molecule has 1 saturated heterocycles. The van der Waals surface area contributed by atoms with Crippen LogP contribution in [0.25, 0.3) is 0 Å². The van der Waals surface area contributed by atoms with Crippen LogP contribution in [0.3, 0.4) is 0 Å². The first-order chi connectivity index (χ1) is 10.7. The Bertz CT molecular complexity index is 446. The van der Waals surface area contributed by atoms with Crippen molar-refractivity contribution >= 4 is 5.91 Å². The molecule has 0 spiro atoms. The minimum atomic E-state index is -0.0184. The topological polar surface area (TPSA) is 32.3 Å². The van der Waals surface area contributed by atoms with Crippen molar-refractivity contribution < 1.29 is 4.79 Å². The van der Waals surface area contributed by atoms with Gasteiger partial charge in [-0.25, -0.2) is 0 Å². The predicted molar refractivity (Wildman–Crippen MR) is 92.0 cm³/mol. The molecule has 1 N–H and O–H groups in total. The van der Waals surface area contributed by atoms with Gasteiger partial charge < -0.3 is 10.2 Å². The van der Waals surface area contributed by atoms with E-state index >= 15 is 0 Å². The molecule has 2 unspecified atom stereocenters. The van der Waals surface area contributed by atoms with Gasteiger partial charge in [-0.2, -0.15) is 0 Å². The summed E-state index contributed by atoms with van der Waals surface area (Å²) in [5, 5.41) is 3.12. The Labute approximate surface area is 135 Å². The molecule has 3 heteroatoms. The largest absolute Gasteiger partial charge is 0.356 e. The number of carbonyl (C=O) groups excluding carboxylic acids is 1. The Morgan fingerprint density at radius 2 is 2.09 bits per heavy atom. The first-order valence-electron chi connectivity index (χ1n) is 8.79. The van der Waals surface area contributed by atoms with Gasteiger partial charge in [0.2, 0.25) is 5.91 Å². The minimum Gasteiger partial charge on any atom is -0.356 e. The van der Waals surface area contributed by atoms with Crippen LogP contribution in [-0.2, 0) is 4.79 Å². The van der Waals surface area contributed by atoms with Gasteiger partial charge in [0.05, 0.1) is 5.92 Å². The zero-order chi connectivity index (χ0) is 15.8. The number of rotatable bonds is 7. The molecule has 0 aliphatic carbocycles. The average Bonchev–Trinajstić information content (AvgIpc) is 2.55. The lowest BCUT2D eigenvalue weighted by Crippen LogP contribution is -2.39. The summed E-state index contributed by atoms with van der Waals surface area (Å²) in [6, 6.07) is 10.8. The van der Waals surface area contributed by atoms with Gasteiger partial charge in [0.15, 0.2) is 0 Å². The Morgan fingerprint density at radius 1 is 1.32 bits per heavy atom. The first-order valence-corrected chi connectivity index (χ1v) is 8.79. The van der Waals surface area contributed by atoms with Crippen molar-refractivity contribution in [3.8, 4) is 0 Å². The van der Waals surface area contributed by atoms with Crippen molar-refractivity contribution in [2.75, 3.05) is 19.6 Å². The van der Waals surface area contributed by atoms with Crippen LogP contribution in [0.4, 0.5) is 0 Å². The molecular formula is C19H30N2O. The van der Waals surface area contributed by atoms with E-state index in [9.17, 15) is 4.79 Å². The van der Waals surface area contributed by atoms with Crippen LogP contribution in [0.2, 0.25) is 0 Å². The SMILES string of the molecule is CCC(C(=O)NCCCN1CCCCC1C)c1ccccc1. The van der Waals surface area contributed by atoms with E-state index in [2.05, 4.69) is 24.1 Å². The van der Waals surface area contributed by atoms with Crippen molar-refractivity contribution in [3.05, 3.63) is 35.9 Å². The third-order valence-corrected chi connectivity index (χ3v) is 4.79. The molecular weight excluding hydrogens is 272 g/mol. The fraction of sp³-hybridized carbons (Fsp3) is 0.632. The normalized spacial score (nSPS) is 20.5. The molecule has 122 valence electrons.